The Hall–Kier alpha value is -3.92. The molecule has 2 unspecified atom stereocenters. The summed E-state index contributed by atoms with van der Waals surface area (Å²) in [6.45, 7) is 6.87. The van der Waals surface area contributed by atoms with E-state index in [1.165, 1.54) is 0 Å². The van der Waals surface area contributed by atoms with E-state index in [0.717, 1.165) is 29.5 Å². The first-order valence-electron chi connectivity index (χ1n) is 15.7. The monoisotopic (exact) mass is 607 g/mol. The topological polar surface area (TPSA) is 163 Å². The molecule has 7 N–H and O–H groups in total. The summed E-state index contributed by atoms with van der Waals surface area (Å²) >= 11 is 0. The number of carbonyl (C=O) groups is 4. The number of hydrogen-bond acceptors (Lipinski definition) is 6. The minimum atomic E-state index is -0.920. The van der Waals surface area contributed by atoms with Crippen LogP contribution < -0.4 is 27.0 Å². The molecule has 3 rings (SSSR count). The number of amides is 4. The predicted octanol–water partition coefficient (Wildman–Crippen LogP) is 2.75. The average molecular weight is 608 g/mol. The minimum Gasteiger partial charge on any atom is -0.508 e. The van der Waals surface area contributed by atoms with E-state index in [9.17, 15) is 24.3 Å². The number of nitrogens with two attached hydrogens (primary N) is 1. The Balaban J connectivity index is 1.81. The van der Waals surface area contributed by atoms with Crippen molar-refractivity contribution >= 4 is 23.6 Å². The minimum absolute atomic E-state index is 0.0172. The van der Waals surface area contributed by atoms with Crippen molar-refractivity contribution in [2.45, 2.75) is 102 Å². The van der Waals surface area contributed by atoms with E-state index in [-0.39, 0.29) is 29.4 Å². The molecule has 10 heteroatoms. The number of carbonyl (C=O) groups excluding carboxylic acids is 4. The van der Waals surface area contributed by atoms with Crippen LogP contribution in [-0.2, 0) is 37.4 Å². The van der Waals surface area contributed by atoms with Crippen LogP contribution in [0.4, 0.5) is 0 Å². The lowest BCUT2D eigenvalue weighted by atomic mass is 9.84. The van der Waals surface area contributed by atoms with Crippen molar-refractivity contribution in [3.63, 3.8) is 0 Å². The van der Waals surface area contributed by atoms with Crippen molar-refractivity contribution < 1.29 is 24.3 Å². The van der Waals surface area contributed by atoms with Crippen LogP contribution in [0.25, 0.3) is 0 Å². The second kappa shape index (κ2) is 16.8. The lowest BCUT2D eigenvalue weighted by molar-refractivity contribution is -0.132. The van der Waals surface area contributed by atoms with Crippen molar-refractivity contribution in [2.24, 2.45) is 5.73 Å². The third-order valence-electron chi connectivity index (χ3n) is 7.83. The van der Waals surface area contributed by atoms with Gasteiger partial charge in [0.1, 0.15) is 17.8 Å². The van der Waals surface area contributed by atoms with Crippen molar-refractivity contribution in [1.29, 1.82) is 0 Å². The molecule has 0 saturated carbocycles. The molecule has 1 fully saturated rings. The van der Waals surface area contributed by atoms with Gasteiger partial charge in [-0.3, -0.25) is 19.2 Å². The Bertz CT molecular complexity index is 1260. The highest BCUT2D eigenvalue weighted by Gasteiger charge is 2.29. The molecule has 2 aromatic carbocycles. The maximum atomic E-state index is 13.7. The van der Waals surface area contributed by atoms with Crippen LogP contribution in [0.1, 0.15) is 82.4 Å². The Kier molecular flexibility index (Phi) is 13.2. The predicted molar refractivity (Wildman–Crippen MR) is 171 cm³/mol. The van der Waals surface area contributed by atoms with Gasteiger partial charge < -0.3 is 32.1 Å². The Morgan fingerprint density at radius 3 is 2.36 bits per heavy atom. The second-order valence-corrected chi connectivity index (χ2v) is 12.7. The molecule has 10 nitrogen and oxygen atoms in total. The first-order chi connectivity index (χ1) is 20.9. The van der Waals surface area contributed by atoms with Gasteiger partial charge in [-0.2, -0.15) is 0 Å². The molecule has 0 radical (unpaired) electrons. The van der Waals surface area contributed by atoms with Crippen LogP contribution in [0.3, 0.4) is 0 Å². The van der Waals surface area contributed by atoms with Gasteiger partial charge in [0.15, 0.2) is 0 Å². The number of aromatic hydroxyl groups is 1. The third-order valence-corrected chi connectivity index (χ3v) is 7.83. The van der Waals surface area contributed by atoms with Crippen LogP contribution in [0.15, 0.2) is 48.5 Å². The largest absolute Gasteiger partial charge is 0.508 e. The molecule has 240 valence electrons. The maximum absolute atomic E-state index is 13.7. The van der Waals surface area contributed by atoms with Gasteiger partial charge in [0.2, 0.25) is 23.6 Å². The van der Waals surface area contributed by atoms with E-state index < -0.39 is 29.9 Å². The first kappa shape index (κ1) is 34.6. The van der Waals surface area contributed by atoms with E-state index in [1.54, 1.807) is 12.1 Å². The van der Waals surface area contributed by atoms with E-state index in [0.29, 0.717) is 51.6 Å². The zero-order valence-electron chi connectivity index (χ0n) is 26.3. The van der Waals surface area contributed by atoms with Gasteiger partial charge in [0, 0.05) is 25.9 Å². The summed E-state index contributed by atoms with van der Waals surface area (Å²) in [5.41, 5.74) is 8.33. The summed E-state index contributed by atoms with van der Waals surface area (Å²) in [6.07, 6.45) is 4.66. The van der Waals surface area contributed by atoms with Gasteiger partial charge in [-0.25, -0.2) is 0 Å². The number of hydrogen-bond donors (Lipinski definition) is 6. The summed E-state index contributed by atoms with van der Waals surface area (Å²) in [4.78, 5) is 52.4. The van der Waals surface area contributed by atoms with Crippen LogP contribution in [0.5, 0.6) is 5.75 Å². The molecule has 0 bridgehead atoms. The molecular weight excluding hydrogens is 558 g/mol. The van der Waals surface area contributed by atoms with Gasteiger partial charge in [-0.15, -0.1) is 0 Å². The van der Waals surface area contributed by atoms with Gasteiger partial charge in [0.25, 0.3) is 0 Å². The summed E-state index contributed by atoms with van der Waals surface area (Å²) < 4.78 is 0. The number of benzene rings is 2. The summed E-state index contributed by atoms with van der Waals surface area (Å²) in [7, 11) is 0. The van der Waals surface area contributed by atoms with E-state index in [1.807, 2.05) is 57.2 Å². The number of rotatable bonds is 6. The molecule has 44 heavy (non-hydrogen) atoms. The number of phenols is 1. The highest BCUT2D eigenvalue weighted by Crippen LogP contribution is 2.31. The van der Waals surface area contributed by atoms with Crippen LogP contribution in [-0.4, -0.2) is 60.0 Å². The molecule has 3 atom stereocenters. The molecule has 1 aliphatic heterocycles. The summed E-state index contributed by atoms with van der Waals surface area (Å²) in [5, 5.41) is 22.0. The van der Waals surface area contributed by atoms with Crippen LogP contribution >= 0.6 is 0 Å². The molecule has 0 aliphatic carbocycles. The third kappa shape index (κ3) is 11.3. The highest BCUT2D eigenvalue weighted by atomic mass is 16.3. The first-order valence-corrected chi connectivity index (χ1v) is 15.7. The maximum Gasteiger partial charge on any atom is 0.243 e. The zero-order valence-corrected chi connectivity index (χ0v) is 26.3. The normalized spacial score (nSPS) is 20.4. The van der Waals surface area contributed by atoms with Crippen molar-refractivity contribution in [1.82, 2.24) is 21.3 Å². The Morgan fingerprint density at radius 1 is 0.932 bits per heavy atom. The molecule has 0 aromatic heterocycles. The van der Waals surface area contributed by atoms with E-state index in [4.69, 9.17) is 5.73 Å². The van der Waals surface area contributed by atoms with Crippen LogP contribution in [0.2, 0.25) is 0 Å². The summed E-state index contributed by atoms with van der Waals surface area (Å²) in [5.74, 6) is -1.12. The van der Waals surface area contributed by atoms with E-state index in [2.05, 4.69) is 21.3 Å². The SMILES string of the molecule is CC(C)(C)c1cc(CC2NC(=O)C(NC(=O)[C@@H](N)Cc3ccccc3)CCCCNC(=O)CCCCCNC2=O)ccc1O. The quantitative estimate of drug-likeness (QED) is 0.296. The van der Waals surface area contributed by atoms with Gasteiger partial charge in [-0.05, 0) is 66.7 Å². The van der Waals surface area contributed by atoms with Crippen molar-refractivity contribution in [2.75, 3.05) is 13.1 Å². The molecule has 2 aromatic rings. The smallest absolute Gasteiger partial charge is 0.243 e. The fraction of sp³-hybridized carbons (Fsp3) is 0.529. The molecule has 0 spiro atoms. The number of phenolic OH excluding ortho intramolecular Hbond substituents is 1. The van der Waals surface area contributed by atoms with Crippen molar-refractivity contribution in [3.8, 4) is 5.75 Å². The molecular formula is C34H49N5O5. The fourth-order valence-corrected chi connectivity index (χ4v) is 5.25. The second-order valence-electron chi connectivity index (χ2n) is 12.7. The van der Waals surface area contributed by atoms with E-state index >= 15 is 0 Å². The average Bonchev–Trinajstić information content (AvgIpc) is 2.98. The lowest BCUT2D eigenvalue weighted by Gasteiger charge is -2.25. The molecule has 1 saturated heterocycles. The Labute approximate surface area is 260 Å². The fourth-order valence-electron chi connectivity index (χ4n) is 5.25. The Morgan fingerprint density at radius 2 is 1.64 bits per heavy atom. The lowest BCUT2D eigenvalue weighted by Crippen LogP contribution is -2.56. The van der Waals surface area contributed by atoms with Crippen LogP contribution in [0, 0.1) is 0 Å². The summed E-state index contributed by atoms with van der Waals surface area (Å²) in [6, 6.07) is 12.0. The van der Waals surface area contributed by atoms with Gasteiger partial charge in [-0.1, -0.05) is 69.7 Å². The van der Waals surface area contributed by atoms with Gasteiger partial charge >= 0.3 is 0 Å². The zero-order chi connectivity index (χ0) is 32.1. The molecule has 4 amide bonds. The highest BCUT2D eigenvalue weighted by molar-refractivity contribution is 5.93. The standard InChI is InChI=1S/C34H49N5O5/c1-34(2,3)25-20-24(16-17-29(25)40)22-28-32(43)37-19-10-5-8-15-30(41)36-18-11-9-14-27(33(44)39-28)38-31(42)26(35)21-23-12-6-4-7-13-23/h4,6-7,12-13,16-17,20,26-28,40H,5,8-11,14-15,18-19,21-22,35H2,1-3H3,(H,36,41)(H,37,43)(H,38,42)(H,39,44)/t26-,27?,28?/m0/s1. The number of nitrogens with one attached hydrogen (secondary N) is 4. The molecule has 1 aliphatic rings. The molecule has 1 heterocycles. The van der Waals surface area contributed by atoms with Crippen molar-refractivity contribution in [3.05, 3.63) is 65.2 Å². The van der Waals surface area contributed by atoms with Gasteiger partial charge in [0.05, 0.1) is 6.04 Å².